The second kappa shape index (κ2) is 10.1. The molecule has 0 saturated carbocycles. The number of nitrogens with one attached hydrogen (secondary N) is 2. The summed E-state index contributed by atoms with van der Waals surface area (Å²) in [6.07, 6.45) is 8.10. The van der Waals surface area contributed by atoms with Gasteiger partial charge in [0.2, 0.25) is 0 Å². The molecule has 2 aliphatic heterocycles. The predicted octanol–water partition coefficient (Wildman–Crippen LogP) is 7.90. The molecule has 0 saturated heterocycles. The van der Waals surface area contributed by atoms with Crippen LogP contribution in [0.4, 0.5) is 5.69 Å². The van der Waals surface area contributed by atoms with Gasteiger partial charge in [0.1, 0.15) is 0 Å². The average molecular weight is 494 g/mol. The van der Waals surface area contributed by atoms with Crippen LogP contribution in [-0.4, -0.2) is 19.9 Å². The van der Waals surface area contributed by atoms with Crippen LogP contribution >= 0.6 is 0 Å². The van der Waals surface area contributed by atoms with Gasteiger partial charge < -0.3 is 15.7 Å². The first kappa shape index (κ1) is 23.3. The van der Waals surface area contributed by atoms with E-state index in [2.05, 4.69) is 47.2 Å². The summed E-state index contributed by atoms with van der Waals surface area (Å²) in [4.78, 5) is 16.4. The fourth-order valence-electron chi connectivity index (χ4n) is 4.45. The molecule has 38 heavy (non-hydrogen) atoms. The Morgan fingerprint density at radius 3 is 1.66 bits per heavy atom. The maximum Gasteiger partial charge on any atom is 0.0658 e. The Morgan fingerprint density at radius 1 is 0.553 bits per heavy atom. The lowest BCUT2D eigenvalue weighted by Gasteiger charge is -1.99. The van der Waals surface area contributed by atoms with E-state index in [1.807, 2.05) is 91.0 Å². The van der Waals surface area contributed by atoms with Crippen LogP contribution in [-0.2, 0) is 0 Å². The first-order valence-corrected chi connectivity index (χ1v) is 12.5. The summed E-state index contributed by atoms with van der Waals surface area (Å²) in [5.41, 5.74) is 17.8. The normalized spacial score (nSPS) is 11.7. The number of nitrogens with two attached hydrogens (primary N) is 1. The molecule has 0 amide bonds. The van der Waals surface area contributed by atoms with Gasteiger partial charge in [-0.2, -0.15) is 0 Å². The molecule has 0 aliphatic carbocycles. The first-order valence-electron chi connectivity index (χ1n) is 12.5. The summed E-state index contributed by atoms with van der Waals surface area (Å²) < 4.78 is 0. The van der Waals surface area contributed by atoms with E-state index in [9.17, 15) is 0 Å². The van der Waals surface area contributed by atoms with Crippen molar-refractivity contribution in [2.75, 3.05) is 5.73 Å². The van der Waals surface area contributed by atoms with Crippen molar-refractivity contribution in [1.29, 1.82) is 0 Å². The van der Waals surface area contributed by atoms with Crippen LogP contribution in [0.2, 0.25) is 0 Å². The Bertz CT molecular complexity index is 1820. The Labute approximate surface area is 221 Å². The monoisotopic (exact) mass is 493 g/mol. The van der Waals surface area contributed by atoms with Crippen molar-refractivity contribution in [1.82, 2.24) is 19.9 Å². The summed E-state index contributed by atoms with van der Waals surface area (Å²) in [6.45, 7) is 2.08. The third kappa shape index (κ3) is 5.32. The Hall–Kier alpha value is -5.16. The number of rotatable bonds is 1. The number of H-pyrrole nitrogens is 2. The number of benzene rings is 2. The van der Waals surface area contributed by atoms with Crippen molar-refractivity contribution >= 4 is 52.1 Å². The molecule has 5 heteroatoms. The number of fused-ring (bicyclic) bond motifs is 8. The molecule has 0 atom stereocenters. The standard InChI is InChI=1S/C26H19N5.C7H8/c27-17-3-1-16(2-4-17)25-14-24-13-22-8-7-20(29-22)11-18-5-6-19(28-18)12-21-9-10-23(30-21)15-26(25)31-24;1-7-5-3-2-4-6-7/h1-15,28,31H,27H2;2-6H,1H3. The van der Waals surface area contributed by atoms with Gasteiger partial charge in [0.05, 0.1) is 22.8 Å². The lowest BCUT2D eigenvalue weighted by molar-refractivity contribution is 1.31. The smallest absolute Gasteiger partial charge is 0.0658 e. The van der Waals surface area contributed by atoms with Gasteiger partial charge in [-0.3, -0.25) is 0 Å². The van der Waals surface area contributed by atoms with E-state index in [-0.39, 0.29) is 0 Å². The van der Waals surface area contributed by atoms with Gasteiger partial charge in [0.25, 0.3) is 0 Å². The van der Waals surface area contributed by atoms with Crippen molar-refractivity contribution < 1.29 is 0 Å². The topological polar surface area (TPSA) is 83.4 Å². The van der Waals surface area contributed by atoms with Gasteiger partial charge in [0, 0.05) is 33.3 Å². The fraction of sp³-hybridized carbons (Fsp3) is 0.0303. The maximum atomic E-state index is 5.89. The maximum absolute atomic E-state index is 5.89. The number of aromatic amines is 2. The van der Waals surface area contributed by atoms with Gasteiger partial charge >= 0.3 is 0 Å². The molecule has 0 radical (unpaired) electrons. The van der Waals surface area contributed by atoms with Gasteiger partial charge in [-0.1, -0.05) is 48.0 Å². The predicted molar refractivity (Wildman–Crippen MR) is 160 cm³/mol. The molecule has 5 nitrogen and oxygen atoms in total. The summed E-state index contributed by atoms with van der Waals surface area (Å²) >= 11 is 0. The Balaban J connectivity index is 0.000000330. The van der Waals surface area contributed by atoms with Crippen molar-refractivity contribution in [2.45, 2.75) is 6.92 Å². The zero-order valence-electron chi connectivity index (χ0n) is 21.0. The lowest BCUT2D eigenvalue weighted by atomic mass is 10.1. The van der Waals surface area contributed by atoms with Crippen LogP contribution in [0.15, 0.2) is 97.1 Å². The highest BCUT2D eigenvalue weighted by atomic mass is 14.8. The molecule has 0 fully saturated rings. The van der Waals surface area contributed by atoms with Crippen molar-refractivity contribution in [2.24, 2.45) is 0 Å². The van der Waals surface area contributed by atoms with E-state index in [1.54, 1.807) is 0 Å². The second-order valence-electron chi connectivity index (χ2n) is 9.36. The number of anilines is 1. The van der Waals surface area contributed by atoms with Gasteiger partial charge in [-0.25, -0.2) is 9.97 Å². The molecule has 7 rings (SSSR count). The summed E-state index contributed by atoms with van der Waals surface area (Å²) in [6, 6.07) is 32.6. The van der Waals surface area contributed by atoms with E-state index in [4.69, 9.17) is 15.7 Å². The van der Waals surface area contributed by atoms with Crippen molar-refractivity contribution in [3.05, 3.63) is 125 Å². The average Bonchev–Trinajstić information content (AvgIpc) is 3.71. The van der Waals surface area contributed by atoms with Crippen LogP contribution in [0.3, 0.4) is 0 Å². The van der Waals surface area contributed by atoms with Crippen molar-refractivity contribution in [3.63, 3.8) is 0 Å². The van der Waals surface area contributed by atoms with Crippen LogP contribution in [0.5, 0.6) is 0 Å². The molecule has 2 aliphatic rings. The molecule has 3 aromatic heterocycles. The quantitative estimate of drug-likeness (QED) is 0.203. The van der Waals surface area contributed by atoms with Crippen LogP contribution < -0.4 is 5.73 Å². The number of aromatic nitrogens is 4. The van der Waals surface area contributed by atoms with Gasteiger partial charge in [0.15, 0.2) is 0 Å². The zero-order chi connectivity index (χ0) is 25.9. The highest BCUT2D eigenvalue weighted by Gasteiger charge is 2.07. The molecule has 8 bridgehead atoms. The second-order valence-corrected chi connectivity index (χ2v) is 9.36. The summed E-state index contributed by atoms with van der Waals surface area (Å²) in [5.74, 6) is 0. The Morgan fingerprint density at radius 2 is 1.11 bits per heavy atom. The van der Waals surface area contributed by atoms with E-state index in [0.717, 1.165) is 61.7 Å². The van der Waals surface area contributed by atoms with Gasteiger partial charge in [-0.05, 0) is 91.4 Å². The number of nitrogen functional groups attached to an aromatic ring is 1. The minimum atomic E-state index is 0.747. The minimum Gasteiger partial charge on any atom is -0.399 e. The number of aryl methyl sites for hydroxylation is 1. The molecule has 184 valence electrons. The third-order valence-electron chi connectivity index (χ3n) is 6.33. The first-order chi connectivity index (χ1) is 18.6. The van der Waals surface area contributed by atoms with E-state index in [1.165, 1.54) is 5.56 Å². The number of nitrogens with zero attached hydrogens (tertiary/aromatic N) is 2. The SMILES string of the molecule is Cc1ccccc1.Nc1ccc(-c2cc3cc4nc(cc5ccc(cc6nc(cc2[nH]3)C=C6)[nH]5)C=C4)cc1. The zero-order valence-corrected chi connectivity index (χ0v) is 21.0. The minimum absolute atomic E-state index is 0.747. The fourth-order valence-corrected chi connectivity index (χ4v) is 4.45. The van der Waals surface area contributed by atoms with Crippen LogP contribution in [0.1, 0.15) is 28.3 Å². The highest BCUT2D eigenvalue weighted by molar-refractivity contribution is 5.88. The number of hydrogen-bond acceptors (Lipinski definition) is 3. The largest absolute Gasteiger partial charge is 0.399 e. The Kier molecular flexibility index (Phi) is 6.16. The summed E-state index contributed by atoms with van der Waals surface area (Å²) in [7, 11) is 0. The lowest BCUT2D eigenvalue weighted by Crippen LogP contribution is -1.83. The van der Waals surface area contributed by atoms with Gasteiger partial charge in [-0.15, -0.1) is 0 Å². The molecule has 0 spiro atoms. The number of hydrogen-bond donors (Lipinski definition) is 3. The van der Waals surface area contributed by atoms with E-state index in [0.29, 0.717) is 0 Å². The van der Waals surface area contributed by atoms with E-state index < -0.39 is 0 Å². The molecular weight excluding hydrogens is 466 g/mol. The molecule has 0 unspecified atom stereocenters. The molecule has 5 aromatic rings. The molecule has 2 aromatic carbocycles. The molecular formula is C33H27N5. The van der Waals surface area contributed by atoms with Crippen LogP contribution in [0, 0.1) is 6.92 Å². The summed E-state index contributed by atoms with van der Waals surface area (Å²) in [5, 5.41) is 0. The third-order valence-corrected chi connectivity index (χ3v) is 6.33. The van der Waals surface area contributed by atoms with Crippen molar-refractivity contribution in [3.8, 4) is 11.1 Å². The molecule has 4 N–H and O–H groups in total. The van der Waals surface area contributed by atoms with Crippen LogP contribution in [0.25, 0.3) is 57.5 Å². The van der Waals surface area contributed by atoms with E-state index >= 15 is 0 Å². The highest BCUT2D eigenvalue weighted by Crippen LogP contribution is 2.28. The molecule has 5 heterocycles.